The molecular weight excluding hydrogens is 376 g/mol. The van der Waals surface area contributed by atoms with Gasteiger partial charge in [0, 0.05) is 29.4 Å². The molecule has 2 rings (SSSR count). The van der Waals surface area contributed by atoms with Crippen LogP contribution in [0.2, 0.25) is 0 Å². The molecule has 0 aliphatic rings. The quantitative estimate of drug-likeness (QED) is 0.138. The van der Waals surface area contributed by atoms with Crippen molar-refractivity contribution in [2.24, 2.45) is 4.99 Å². The van der Waals surface area contributed by atoms with Gasteiger partial charge in [0.25, 0.3) is 0 Å². The number of ether oxygens (including phenoxy) is 1. The number of unbranched alkanes of at least 4 members (excludes halogenated alkanes) is 5. The molecule has 5 heteroatoms. The Morgan fingerprint density at radius 1 is 1.10 bits per heavy atom. The highest BCUT2D eigenvalue weighted by molar-refractivity contribution is 6.09. The number of aromatic nitrogens is 1. The number of carbonyl (C=O) groups is 1. The fraction of sp³-hybridized carbons (Fsp3) is 0.520. The Hall–Kier alpha value is -2.56. The Labute approximate surface area is 180 Å². The minimum Gasteiger partial charge on any atom is -0.512 e. The van der Waals surface area contributed by atoms with Crippen LogP contribution in [-0.2, 0) is 22.4 Å². The Bertz CT molecular complexity index is 860. The van der Waals surface area contributed by atoms with Crippen LogP contribution in [0.25, 0.3) is 10.9 Å². The summed E-state index contributed by atoms with van der Waals surface area (Å²) < 4.78 is 4.97. The number of nitrogens with one attached hydrogen (secondary N) is 1. The predicted octanol–water partition coefficient (Wildman–Crippen LogP) is 6.08. The van der Waals surface area contributed by atoms with Crippen molar-refractivity contribution in [1.29, 1.82) is 0 Å². The van der Waals surface area contributed by atoms with E-state index in [0.717, 1.165) is 18.4 Å². The SMILES string of the molecule is CCCCCCCCc1[nH]c2ccccc2c1CCN=C/C(C(=O)OCC)=C(\C)O. The van der Waals surface area contributed by atoms with Crippen LogP contribution in [-0.4, -0.2) is 35.4 Å². The van der Waals surface area contributed by atoms with Crippen LogP contribution in [0, 0.1) is 0 Å². The summed E-state index contributed by atoms with van der Waals surface area (Å²) in [4.78, 5) is 19.9. The van der Waals surface area contributed by atoms with Crippen molar-refractivity contribution in [3.8, 4) is 0 Å². The van der Waals surface area contributed by atoms with Gasteiger partial charge in [-0.25, -0.2) is 4.79 Å². The van der Waals surface area contributed by atoms with Gasteiger partial charge >= 0.3 is 5.97 Å². The van der Waals surface area contributed by atoms with Gasteiger partial charge in [-0.3, -0.25) is 4.99 Å². The number of H-pyrrole nitrogens is 1. The van der Waals surface area contributed by atoms with E-state index in [0.29, 0.717) is 6.54 Å². The van der Waals surface area contributed by atoms with Crippen LogP contribution in [0.5, 0.6) is 0 Å². The second-order valence-electron chi connectivity index (χ2n) is 7.65. The summed E-state index contributed by atoms with van der Waals surface area (Å²) in [7, 11) is 0. The summed E-state index contributed by atoms with van der Waals surface area (Å²) in [6, 6.07) is 8.38. The molecule has 0 saturated heterocycles. The first-order valence-corrected chi connectivity index (χ1v) is 11.2. The van der Waals surface area contributed by atoms with Crippen LogP contribution in [0.3, 0.4) is 0 Å². The van der Waals surface area contributed by atoms with Gasteiger partial charge in [-0.05, 0) is 44.7 Å². The number of esters is 1. The summed E-state index contributed by atoms with van der Waals surface area (Å²) in [6.07, 6.45) is 10.9. The largest absolute Gasteiger partial charge is 0.512 e. The molecule has 0 amide bonds. The summed E-state index contributed by atoms with van der Waals surface area (Å²) in [5, 5.41) is 11.0. The third-order valence-corrected chi connectivity index (χ3v) is 5.28. The van der Waals surface area contributed by atoms with Crippen molar-refractivity contribution in [3.63, 3.8) is 0 Å². The van der Waals surface area contributed by atoms with Gasteiger partial charge in [0.15, 0.2) is 0 Å². The third kappa shape index (κ3) is 7.05. The molecule has 1 heterocycles. The normalized spacial score (nSPS) is 12.5. The number of aliphatic hydroxyl groups excluding tert-OH is 1. The van der Waals surface area contributed by atoms with Gasteiger partial charge in [-0.15, -0.1) is 0 Å². The Morgan fingerprint density at radius 2 is 1.83 bits per heavy atom. The van der Waals surface area contributed by atoms with Crippen molar-refractivity contribution in [2.45, 2.75) is 72.1 Å². The fourth-order valence-electron chi connectivity index (χ4n) is 3.67. The van der Waals surface area contributed by atoms with E-state index in [1.165, 1.54) is 68.3 Å². The number of benzene rings is 1. The number of aliphatic hydroxyl groups is 1. The number of hydrogen-bond acceptors (Lipinski definition) is 4. The number of para-hydroxylation sites is 1. The van der Waals surface area contributed by atoms with Crippen molar-refractivity contribution in [3.05, 3.63) is 46.9 Å². The van der Waals surface area contributed by atoms with Crippen LogP contribution in [0.4, 0.5) is 0 Å². The summed E-state index contributed by atoms with van der Waals surface area (Å²) in [5.74, 6) is -0.620. The maximum Gasteiger partial charge on any atom is 0.343 e. The number of carbonyl (C=O) groups excluding carboxylic acids is 1. The molecule has 2 aromatic rings. The van der Waals surface area contributed by atoms with E-state index in [9.17, 15) is 9.90 Å². The van der Waals surface area contributed by atoms with Crippen LogP contribution >= 0.6 is 0 Å². The van der Waals surface area contributed by atoms with E-state index in [2.05, 4.69) is 41.2 Å². The third-order valence-electron chi connectivity index (χ3n) is 5.28. The van der Waals surface area contributed by atoms with Gasteiger partial charge in [0.05, 0.1) is 6.61 Å². The van der Waals surface area contributed by atoms with E-state index in [-0.39, 0.29) is 17.9 Å². The number of fused-ring (bicyclic) bond motifs is 1. The number of allylic oxidation sites excluding steroid dienone is 1. The van der Waals surface area contributed by atoms with Crippen LogP contribution in [0.1, 0.15) is 70.6 Å². The monoisotopic (exact) mass is 412 g/mol. The lowest BCUT2D eigenvalue weighted by atomic mass is 10.0. The number of rotatable bonds is 13. The van der Waals surface area contributed by atoms with Gasteiger partial charge in [0.2, 0.25) is 0 Å². The lowest BCUT2D eigenvalue weighted by molar-refractivity contribution is -0.138. The average molecular weight is 413 g/mol. The summed E-state index contributed by atoms with van der Waals surface area (Å²) in [5.41, 5.74) is 3.87. The molecule has 164 valence electrons. The van der Waals surface area contributed by atoms with Gasteiger partial charge in [-0.2, -0.15) is 0 Å². The first-order valence-electron chi connectivity index (χ1n) is 11.2. The second kappa shape index (κ2) is 12.9. The lowest BCUT2D eigenvalue weighted by Crippen LogP contribution is -2.11. The molecule has 0 fully saturated rings. The zero-order chi connectivity index (χ0) is 21.8. The lowest BCUT2D eigenvalue weighted by Gasteiger charge is -2.05. The predicted molar refractivity (Wildman–Crippen MR) is 124 cm³/mol. The number of nitrogens with zero attached hydrogens (tertiary/aromatic N) is 1. The molecule has 0 spiro atoms. The smallest absolute Gasteiger partial charge is 0.343 e. The van der Waals surface area contributed by atoms with Gasteiger partial charge in [0.1, 0.15) is 11.3 Å². The van der Waals surface area contributed by atoms with E-state index in [4.69, 9.17) is 4.74 Å². The number of aryl methyl sites for hydroxylation is 1. The number of hydrogen-bond donors (Lipinski definition) is 2. The Kier molecular flexibility index (Phi) is 10.2. The zero-order valence-electron chi connectivity index (χ0n) is 18.7. The first-order chi connectivity index (χ1) is 14.6. The molecule has 2 N–H and O–H groups in total. The van der Waals surface area contributed by atoms with Crippen molar-refractivity contribution in [1.82, 2.24) is 4.98 Å². The molecular formula is C25H36N2O3. The molecule has 0 bridgehead atoms. The minimum absolute atomic E-state index is 0.0759. The van der Waals surface area contributed by atoms with Crippen molar-refractivity contribution in [2.75, 3.05) is 13.2 Å². The van der Waals surface area contributed by atoms with Crippen molar-refractivity contribution < 1.29 is 14.6 Å². The number of aromatic amines is 1. The molecule has 0 saturated carbocycles. The van der Waals surface area contributed by atoms with E-state index >= 15 is 0 Å². The van der Waals surface area contributed by atoms with Gasteiger partial charge in [-0.1, -0.05) is 57.2 Å². The molecule has 0 aliphatic carbocycles. The van der Waals surface area contributed by atoms with Crippen LogP contribution < -0.4 is 0 Å². The van der Waals surface area contributed by atoms with Crippen molar-refractivity contribution >= 4 is 23.1 Å². The second-order valence-corrected chi connectivity index (χ2v) is 7.65. The van der Waals surface area contributed by atoms with Gasteiger partial charge < -0.3 is 14.8 Å². The molecule has 0 atom stereocenters. The van der Waals surface area contributed by atoms with Crippen LogP contribution in [0.15, 0.2) is 40.6 Å². The molecule has 5 nitrogen and oxygen atoms in total. The summed E-state index contributed by atoms with van der Waals surface area (Å²) >= 11 is 0. The van der Waals surface area contributed by atoms with E-state index in [1.807, 2.05) is 0 Å². The highest BCUT2D eigenvalue weighted by atomic mass is 16.5. The maximum absolute atomic E-state index is 11.9. The zero-order valence-corrected chi connectivity index (χ0v) is 18.7. The first kappa shape index (κ1) is 23.7. The minimum atomic E-state index is -0.544. The highest BCUT2D eigenvalue weighted by Gasteiger charge is 2.13. The van der Waals surface area contributed by atoms with E-state index < -0.39 is 5.97 Å². The highest BCUT2D eigenvalue weighted by Crippen LogP contribution is 2.24. The maximum atomic E-state index is 11.9. The average Bonchev–Trinajstić information content (AvgIpc) is 3.07. The standard InChI is InChI=1S/C25H36N2O3/c1-4-6-7-8-9-10-14-24-21(20-13-11-12-15-23(20)27-24)16-17-26-18-22(19(3)28)25(29)30-5-2/h11-13,15,18,27-28H,4-10,14,16-17H2,1-3H3/b22-19-,26-18?. The fourth-order valence-corrected chi connectivity index (χ4v) is 3.67. The Balaban J connectivity index is 2.03. The topological polar surface area (TPSA) is 74.7 Å². The Morgan fingerprint density at radius 3 is 2.57 bits per heavy atom. The molecule has 30 heavy (non-hydrogen) atoms. The molecule has 1 aromatic heterocycles. The summed E-state index contributed by atoms with van der Waals surface area (Å²) in [6.45, 7) is 6.26. The molecule has 1 aromatic carbocycles. The molecule has 0 aliphatic heterocycles. The number of aliphatic imine (C=N–C) groups is 1. The molecule has 0 radical (unpaired) electrons. The van der Waals surface area contributed by atoms with E-state index in [1.54, 1.807) is 6.92 Å². The molecule has 0 unspecified atom stereocenters.